The van der Waals surface area contributed by atoms with Crippen molar-refractivity contribution in [1.82, 2.24) is 4.90 Å². The van der Waals surface area contributed by atoms with E-state index in [-0.39, 0.29) is 5.91 Å². The molecule has 1 aliphatic rings. The first-order valence-corrected chi connectivity index (χ1v) is 9.81. The van der Waals surface area contributed by atoms with Gasteiger partial charge >= 0.3 is 11.6 Å². The molecular weight excluding hydrogens is 400 g/mol. The highest BCUT2D eigenvalue weighted by Gasteiger charge is 2.21. The Morgan fingerprint density at radius 3 is 2.17 bits per heavy atom. The Labute approximate surface area is 172 Å². The highest BCUT2D eigenvalue weighted by atomic mass is 32.1. The topological polar surface area (TPSA) is 69.7 Å². The molecule has 0 atom stereocenters. The molecule has 0 unspecified atom stereocenters. The van der Waals surface area contributed by atoms with Crippen LogP contribution in [0.1, 0.15) is 12.0 Å². The van der Waals surface area contributed by atoms with Crippen LogP contribution >= 0.6 is 0 Å². The third-order valence-corrected chi connectivity index (χ3v) is 4.77. The van der Waals surface area contributed by atoms with Gasteiger partial charge in [0.25, 0.3) is 0 Å². The number of carbonyl (C=O) groups excluding carboxylic acids is 1. The first-order chi connectivity index (χ1) is 14.0. The Hall–Kier alpha value is -2.81. The average Bonchev–Trinajstić information content (AvgIpc) is 2.75. The molecule has 0 aromatic heterocycles. The van der Waals surface area contributed by atoms with Crippen molar-refractivity contribution in [3.8, 4) is 0 Å². The van der Waals surface area contributed by atoms with Gasteiger partial charge in [-0.2, -0.15) is 8.42 Å². The fourth-order valence-corrected chi connectivity index (χ4v) is 3.14. The Bertz CT molecular complexity index is 851. The van der Waals surface area contributed by atoms with Crippen molar-refractivity contribution in [2.45, 2.75) is 12.8 Å². The number of carbonyl (C=O) groups is 1. The second-order valence-corrected chi connectivity index (χ2v) is 6.62. The molecule has 2 aromatic carbocycles. The third kappa shape index (κ3) is 6.63. The molecule has 9 heteroatoms. The van der Waals surface area contributed by atoms with Crippen LogP contribution in [0.15, 0.2) is 42.5 Å². The summed E-state index contributed by atoms with van der Waals surface area (Å²) in [5.41, 5.74) is 2.84. The lowest BCUT2D eigenvalue weighted by Crippen LogP contribution is -2.48. The van der Waals surface area contributed by atoms with Gasteiger partial charge in [-0.25, -0.2) is 8.78 Å². The normalized spacial score (nSPS) is 13.3. The molecule has 1 aliphatic heterocycles. The number of halogens is 2. The second-order valence-electron chi connectivity index (χ2n) is 6.48. The minimum absolute atomic E-state index is 0.132. The molecule has 1 amide bonds. The largest absolute Gasteiger partial charge is 0.388 e. The Kier molecular flexibility index (Phi) is 8.72. The summed E-state index contributed by atoms with van der Waals surface area (Å²) in [6.07, 6.45) is 1.19. The van der Waals surface area contributed by atoms with Crippen molar-refractivity contribution >= 4 is 28.9 Å². The van der Waals surface area contributed by atoms with Crippen LogP contribution in [0.25, 0.3) is 0 Å². The summed E-state index contributed by atoms with van der Waals surface area (Å²) in [4.78, 5) is 16.2. The molecule has 0 bridgehead atoms. The van der Waals surface area contributed by atoms with Gasteiger partial charge in [0.15, 0.2) is 11.6 Å². The van der Waals surface area contributed by atoms with E-state index < -0.39 is 23.2 Å². The zero-order valence-electron chi connectivity index (χ0n) is 16.1. The molecule has 2 aromatic rings. The monoisotopic (exact) mass is 423 g/mol. The number of nitrogens with zero attached hydrogens (tertiary/aromatic N) is 2. The fourth-order valence-electron chi connectivity index (χ4n) is 3.14. The maximum atomic E-state index is 13.4. The number of anilines is 2. The lowest BCUT2D eigenvalue weighted by Gasteiger charge is -2.36. The summed E-state index contributed by atoms with van der Waals surface area (Å²) in [6.45, 7) is 2.43. The highest BCUT2D eigenvalue weighted by Crippen LogP contribution is 2.20. The molecule has 1 N–H and O–H groups in total. The highest BCUT2D eigenvalue weighted by molar-refractivity contribution is 7.51. The Balaban J connectivity index is 0.000000941. The molecule has 6 nitrogen and oxygen atoms in total. The van der Waals surface area contributed by atoms with Gasteiger partial charge < -0.3 is 15.1 Å². The van der Waals surface area contributed by atoms with Gasteiger partial charge in [0.1, 0.15) is 0 Å². The molecule has 29 heavy (non-hydrogen) atoms. The van der Waals surface area contributed by atoms with E-state index in [2.05, 4.69) is 5.32 Å². The van der Waals surface area contributed by atoms with E-state index >= 15 is 0 Å². The van der Waals surface area contributed by atoms with Gasteiger partial charge in [0, 0.05) is 57.1 Å². The SMILES string of the molecule is CNc1ccc(CCC(=O)N2CCN(c3ccc(F)c(F)c3)CC2)cc1.O=S=O. The van der Waals surface area contributed by atoms with E-state index in [9.17, 15) is 13.6 Å². The first kappa shape index (κ1) is 22.5. The molecule has 0 spiro atoms. The Morgan fingerprint density at radius 2 is 1.62 bits per heavy atom. The minimum Gasteiger partial charge on any atom is -0.388 e. The smallest absolute Gasteiger partial charge is 0.335 e. The van der Waals surface area contributed by atoms with Crippen LogP contribution in [-0.2, 0) is 22.8 Å². The van der Waals surface area contributed by atoms with Crippen LogP contribution in [0.4, 0.5) is 20.2 Å². The van der Waals surface area contributed by atoms with Crippen molar-refractivity contribution in [1.29, 1.82) is 0 Å². The number of benzene rings is 2. The van der Waals surface area contributed by atoms with Gasteiger partial charge in [0.2, 0.25) is 5.91 Å². The van der Waals surface area contributed by atoms with E-state index in [1.54, 1.807) is 6.07 Å². The van der Waals surface area contributed by atoms with Crippen molar-refractivity contribution < 1.29 is 22.0 Å². The van der Waals surface area contributed by atoms with Gasteiger partial charge in [0.05, 0.1) is 0 Å². The molecule has 1 saturated heterocycles. The standard InChI is InChI=1S/C20H23F2N3O.O2S/c1-23-16-5-2-15(3-6-16)4-9-20(26)25-12-10-24(11-13-25)17-7-8-18(21)19(22)14-17;1-3-2/h2-3,5-8,14,23H,4,9-13H2,1H3;. The van der Waals surface area contributed by atoms with Crippen molar-refractivity contribution in [2.75, 3.05) is 43.4 Å². The van der Waals surface area contributed by atoms with E-state index in [0.717, 1.165) is 17.3 Å². The number of piperazine rings is 1. The maximum Gasteiger partial charge on any atom is 0.335 e. The summed E-state index contributed by atoms with van der Waals surface area (Å²) in [5, 5.41) is 3.07. The van der Waals surface area contributed by atoms with Crippen LogP contribution in [0, 0.1) is 11.6 Å². The van der Waals surface area contributed by atoms with Crippen LogP contribution in [0.3, 0.4) is 0 Å². The predicted molar refractivity (Wildman–Crippen MR) is 108 cm³/mol. The number of nitrogens with one attached hydrogen (secondary N) is 1. The lowest BCUT2D eigenvalue weighted by atomic mass is 10.1. The van der Waals surface area contributed by atoms with Crippen LogP contribution < -0.4 is 10.2 Å². The molecule has 1 heterocycles. The summed E-state index contributed by atoms with van der Waals surface area (Å²) in [7, 11) is 1.87. The van der Waals surface area contributed by atoms with Gasteiger partial charge in [-0.1, -0.05) is 12.1 Å². The number of aryl methyl sites for hydroxylation is 1. The van der Waals surface area contributed by atoms with E-state index in [1.165, 1.54) is 6.07 Å². The summed E-state index contributed by atoms with van der Waals surface area (Å²) < 4.78 is 43.0. The van der Waals surface area contributed by atoms with E-state index in [0.29, 0.717) is 44.7 Å². The summed E-state index contributed by atoms with van der Waals surface area (Å²) >= 11 is -0.750. The van der Waals surface area contributed by atoms with Crippen molar-refractivity contribution in [3.05, 3.63) is 59.7 Å². The van der Waals surface area contributed by atoms with Crippen molar-refractivity contribution in [3.63, 3.8) is 0 Å². The van der Waals surface area contributed by atoms with Crippen LogP contribution in [0.5, 0.6) is 0 Å². The van der Waals surface area contributed by atoms with Crippen molar-refractivity contribution in [2.24, 2.45) is 0 Å². The first-order valence-electron chi connectivity index (χ1n) is 9.14. The second kappa shape index (κ2) is 11.3. The number of hydrogen-bond acceptors (Lipinski definition) is 5. The quantitative estimate of drug-likeness (QED) is 0.801. The van der Waals surface area contributed by atoms with Gasteiger partial charge in [-0.05, 0) is 36.2 Å². The van der Waals surface area contributed by atoms with E-state index in [1.807, 2.05) is 41.1 Å². The lowest BCUT2D eigenvalue weighted by molar-refractivity contribution is -0.131. The zero-order chi connectivity index (χ0) is 21.2. The summed E-state index contributed by atoms with van der Waals surface area (Å²) in [5.74, 6) is -1.55. The van der Waals surface area contributed by atoms with Gasteiger partial charge in [-0.15, -0.1) is 0 Å². The zero-order valence-corrected chi connectivity index (χ0v) is 16.9. The molecule has 0 saturated carbocycles. The Morgan fingerprint density at radius 1 is 1.00 bits per heavy atom. The molecule has 3 rings (SSSR count). The number of rotatable bonds is 5. The number of hydrogen-bond donors (Lipinski definition) is 1. The van der Waals surface area contributed by atoms with Crippen LogP contribution in [-0.4, -0.2) is 52.5 Å². The molecule has 0 radical (unpaired) electrons. The predicted octanol–water partition coefficient (Wildman–Crippen LogP) is 2.62. The minimum atomic E-state index is -0.842. The number of amides is 1. The molecule has 0 aliphatic carbocycles. The van der Waals surface area contributed by atoms with E-state index in [4.69, 9.17) is 8.42 Å². The molecular formula is C20H23F2N3O3S. The average molecular weight is 423 g/mol. The summed E-state index contributed by atoms with van der Waals surface area (Å²) in [6, 6.07) is 12.0. The third-order valence-electron chi connectivity index (χ3n) is 4.77. The van der Waals surface area contributed by atoms with Gasteiger partial charge in [-0.3, -0.25) is 4.79 Å². The fraction of sp³-hybridized carbons (Fsp3) is 0.350. The maximum absolute atomic E-state index is 13.4. The van der Waals surface area contributed by atoms with Crippen LogP contribution in [0.2, 0.25) is 0 Å². The molecule has 156 valence electrons. The molecule has 1 fully saturated rings.